The molecule has 112 valence electrons. The van der Waals surface area contributed by atoms with Gasteiger partial charge in [0.1, 0.15) is 5.76 Å². The van der Waals surface area contributed by atoms with E-state index in [2.05, 4.69) is 4.98 Å². The van der Waals surface area contributed by atoms with Crippen molar-refractivity contribution < 1.29 is 12.8 Å². The van der Waals surface area contributed by atoms with Crippen molar-refractivity contribution in [1.29, 1.82) is 0 Å². The molecule has 0 spiro atoms. The Balaban J connectivity index is 1.89. The molecular formula is C14H17N3O3S. The van der Waals surface area contributed by atoms with E-state index in [1.54, 1.807) is 24.5 Å². The first-order valence-corrected chi connectivity index (χ1v) is 8.24. The third kappa shape index (κ3) is 2.99. The normalized spacial score (nSPS) is 15.5. The van der Waals surface area contributed by atoms with Crippen LogP contribution in [0, 0.1) is 0 Å². The van der Waals surface area contributed by atoms with Crippen LogP contribution in [0.15, 0.2) is 46.2 Å². The van der Waals surface area contributed by atoms with Crippen LogP contribution in [0.4, 0.5) is 0 Å². The van der Waals surface area contributed by atoms with Gasteiger partial charge < -0.3 is 10.2 Å². The number of nitrogens with two attached hydrogens (primary N) is 1. The van der Waals surface area contributed by atoms with Gasteiger partial charge in [-0.1, -0.05) is 6.07 Å². The van der Waals surface area contributed by atoms with Crippen LogP contribution in [0.25, 0.3) is 0 Å². The van der Waals surface area contributed by atoms with E-state index < -0.39 is 10.0 Å². The summed E-state index contributed by atoms with van der Waals surface area (Å²) in [5.74, 6) is 0.629. The highest BCUT2D eigenvalue weighted by molar-refractivity contribution is 7.89. The molecule has 0 atom stereocenters. The van der Waals surface area contributed by atoms with Crippen LogP contribution in [0.3, 0.4) is 0 Å². The Kier molecular flexibility index (Phi) is 3.79. The quantitative estimate of drug-likeness (QED) is 0.873. The fourth-order valence-electron chi connectivity index (χ4n) is 2.13. The van der Waals surface area contributed by atoms with Crippen LogP contribution in [0.5, 0.6) is 0 Å². The first kappa shape index (κ1) is 14.2. The van der Waals surface area contributed by atoms with Gasteiger partial charge in [-0.3, -0.25) is 0 Å². The van der Waals surface area contributed by atoms with E-state index >= 15 is 0 Å². The maximum absolute atomic E-state index is 12.7. The number of nitrogens with zero attached hydrogens (tertiary/aromatic N) is 2. The van der Waals surface area contributed by atoms with E-state index in [0.29, 0.717) is 12.3 Å². The van der Waals surface area contributed by atoms with Gasteiger partial charge in [0.25, 0.3) is 10.0 Å². The van der Waals surface area contributed by atoms with Gasteiger partial charge in [-0.25, -0.2) is 13.4 Å². The first-order chi connectivity index (χ1) is 10.1. The molecule has 0 aliphatic heterocycles. The summed E-state index contributed by atoms with van der Waals surface area (Å²) in [5.41, 5.74) is 6.31. The van der Waals surface area contributed by atoms with Crippen molar-refractivity contribution in [3.63, 3.8) is 0 Å². The Morgan fingerprint density at radius 2 is 2.14 bits per heavy atom. The van der Waals surface area contributed by atoms with Gasteiger partial charge in [0.15, 0.2) is 5.03 Å². The van der Waals surface area contributed by atoms with Crippen LogP contribution in [0.1, 0.15) is 24.2 Å². The van der Waals surface area contributed by atoms with Crippen LogP contribution in [0.2, 0.25) is 0 Å². The molecule has 0 amide bonds. The fourth-order valence-corrected chi connectivity index (χ4v) is 3.70. The van der Waals surface area contributed by atoms with Crippen LogP contribution in [-0.4, -0.2) is 23.7 Å². The standard InChI is InChI=1S/C14H17N3O3S/c15-8-11-3-6-14(16-9-11)21(18,19)17(12-4-5-12)10-13-2-1-7-20-13/h1-3,6-7,9,12H,4-5,8,10,15H2. The number of rotatable bonds is 6. The summed E-state index contributed by atoms with van der Waals surface area (Å²) in [4.78, 5) is 4.04. The molecule has 0 saturated heterocycles. The Bertz CT molecular complexity index is 692. The molecule has 21 heavy (non-hydrogen) atoms. The molecule has 6 nitrogen and oxygen atoms in total. The average Bonchev–Trinajstić information content (AvgIpc) is 3.20. The molecule has 2 N–H and O–H groups in total. The number of aromatic nitrogens is 1. The lowest BCUT2D eigenvalue weighted by Gasteiger charge is -2.20. The Labute approximate surface area is 123 Å². The van der Waals surface area contributed by atoms with E-state index in [1.165, 1.54) is 16.6 Å². The summed E-state index contributed by atoms with van der Waals surface area (Å²) < 4.78 is 32.2. The number of pyridine rings is 1. The van der Waals surface area contributed by atoms with Gasteiger partial charge in [0.2, 0.25) is 0 Å². The van der Waals surface area contributed by atoms with Gasteiger partial charge in [0, 0.05) is 18.8 Å². The zero-order valence-corrected chi connectivity index (χ0v) is 12.3. The van der Waals surface area contributed by atoms with Crippen molar-refractivity contribution in [3.05, 3.63) is 48.0 Å². The summed E-state index contributed by atoms with van der Waals surface area (Å²) in [6.07, 6.45) is 4.80. The molecule has 1 aliphatic rings. The lowest BCUT2D eigenvalue weighted by Crippen LogP contribution is -2.33. The maximum Gasteiger partial charge on any atom is 0.261 e. The maximum atomic E-state index is 12.7. The van der Waals surface area contributed by atoms with E-state index in [1.807, 2.05) is 0 Å². The minimum Gasteiger partial charge on any atom is -0.468 e. The molecule has 2 aromatic heterocycles. The zero-order chi connectivity index (χ0) is 14.9. The van der Waals surface area contributed by atoms with Crippen molar-refractivity contribution in [2.24, 2.45) is 5.73 Å². The molecule has 1 aliphatic carbocycles. The van der Waals surface area contributed by atoms with Crippen molar-refractivity contribution in [3.8, 4) is 0 Å². The SMILES string of the molecule is NCc1ccc(S(=O)(=O)N(Cc2ccco2)C2CC2)nc1. The van der Waals surface area contributed by atoms with Crippen molar-refractivity contribution >= 4 is 10.0 Å². The Hall–Kier alpha value is -1.70. The van der Waals surface area contributed by atoms with E-state index in [9.17, 15) is 8.42 Å². The summed E-state index contributed by atoms with van der Waals surface area (Å²) in [6, 6.07) is 6.76. The largest absolute Gasteiger partial charge is 0.468 e. The summed E-state index contributed by atoms with van der Waals surface area (Å²) >= 11 is 0. The lowest BCUT2D eigenvalue weighted by atomic mass is 10.3. The molecule has 3 rings (SSSR count). The predicted molar refractivity (Wildman–Crippen MR) is 76.6 cm³/mol. The minimum atomic E-state index is -3.62. The van der Waals surface area contributed by atoms with Gasteiger partial charge >= 0.3 is 0 Å². The molecule has 0 unspecified atom stereocenters. The van der Waals surface area contributed by atoms with E-state index in [-0.39, 0.29) is 17.6 Å². The van der Waals surface area contributed by atoms with Gasteiger partial charge in [-0.2, -0.15) is 4.31 Å². The third-order valence-electron chi connectivity index (χ3n) is 3.45. The predicted octanol–water partition coefficient (Wildman–Crippen LogP) is 1.49. The van der Waals surface area contributed by atoms with Crippen molar-refractivity contribution in [2.45, 2.75) is 37.0 Å². The molecule has 1 saturated carbocycles. The van der Waals surface area contributed by atoms with Gasteiger partial charge in [-0.05, 0) is 36.6 Å². The second-order valence-corrected chi connectivity index (χ2v) is 6.91. The Morgan fingerprint density at radius 3 is 2.67 bits per heavy atom. The lowest BCUT2D eigenvalue weighted by molar-refractivity contribution is 0.355. The first-order valence-electron chi connectivity index (χ1n) is 6.80. The average molecular weight is 307 g/mol. The summed E-state index contributed by atoms with van der Waals surface area (Å²) in [5, 5.41) is 0.0538. The highest BCUT2D eigenvalue weighted by Gasteiger charge is 2.39. The summed E-state index contributed by atoms with van der Waals surface area (Å²) in [6.45, 7) is 0.576. The molecule has 1 fully saturated rings. The molecule has 2 aromatic rings. The van der Waals surface area contributed by atoms with E-state index in [0.717, 1.165) is 18.4 Å². The van der Waals surface area contributed by atoms with Gasteiger partial charge in [-0.15, -0.1) is 0 Å². The summed E-state index contributed by atoms with van der Waals surface area (Å²) in [7, 11) is -3.62. The molecular weight excluding hydrogens is 290 g/mol. The topological polar surface area (TPSA) is 89.4 Å². The third-order valence-corrected chi connectivity index (χ3v) is 5.27. The van der Waals surface area contributed by atoms with Crippen LogP contribution in [-0.2, 0) is 23.1 Å². The highest BCUT2D eigenvalue weighted by atomic mass is 32.2. The van der Waals surface area contributed by atoms with Crippen LogP contribution < -0.4 is 5.73 Å². The minimum absolute atomic E-state index is 0.0380. The smallest absolute Gasteiger partial charge is 0.261 e. The van der Waals surface area contributed by atoms with Crippen molar-refractivity contribution in [1.82, 2.24) is 9.29 Å². The molecule has 0 bridgehead atoms. The molecule has 0 radical (unpaired) electrons. The second kappa shape index (κ2) is 5.59. The zero-order valence-electron chi connectivity index (χ0n) is 11.5. The number of sulfonamides is 1. The van der Waals surface area contributed by atoms with Gasteiger partial charge in [0.05, 0.1) is 12.8 Å². The number of hydrogen-bond acceptors (Lipinski definition) is 5. The fraction of sp³-hybridized carbons (Fsp3) is 0.357. The molecule has 7 heteroatoms. The molecule has 0 aromatic carbocycles. The van der Waals surface area contributed by atoms with Crippen LogP contribution >= 0.6 is 0 Å². The van der Waals surface area contributed by atoms with Crippen molar-refractivity contribution in [2.75, 3.05) is 0 Å². The highest BCUT2D eigenvalue weighted by Crippen LogP contribution is 2.33. The second-order valence-electron chi connectivity index (χ2n) is 5.07. The number of furan rings is 1. The number of hydrogen-bond donors (Lipinski definition) is 1. The van der Waals surface area contributed by atoms with E-state index in [4.69, 9.17) is 10.2 Å². The Morgan fingerprint density at radius 1 is 1.33 bits per heavy atom. The molecule has 2 heterocycles. The monoisotopic (exact) mass is 307 g/mol.